The maximum absolute atomic E-state index is 13.1. The first kappa shape index (κ1) is 24.3. The largest absolute Gasteiger partial charge is 0.485 e. The number of hydrogen-bond donors (Lipinski definition) is 3. The van der Waals surface area contributed by atoms with Crippen molar-refractivity contribution in [3.63, 3.8) is 0 Å². The molecule has 3 aliphatic rings. The topological polar surface area (TPSA) is 122 Å². The Hall–Kier alpha value is -3.79. The Morgan fingerprint density at radius 3 is 2.51 bits per heavy atom. The summed E-state index contributed by atoms with van der Waals surface area (Å²) in [6.45, 7) is 7.09. The molecule has 1 fully saturated rings. The Kier molecular flexibility index (Phi) is 7.71. The van der Waals surface area contributed by atoms with Gasteiger partial charge in [-0.25, -0.2) is 4.98 Å². The lowest BCUT2D eigenvalue weighted by atomic mass is 10.1. The summed E-state index contributed by atoms with van der Waals surface area (Å²) in [5, 5.41) is 14.2. The molecule has 0 bridgehead atoms. The van der Waals surface area contributed by atoms with Gasteiger partial charge in [0.1, 0.15) is 19.0 Å². The van der Waals surface area contributed by atoms with Crippen molar-refractivity contribution in [2.45, 2.75) is 20.3 Å². The maximum Gasteiger partial charge on any atom is 0.300 e. The van der Waals surface area contributed by atoms with Crippen LogP contribution in [0.3, 0.4) is 0 Å². The van der Waals surface area contributed by atoms with Gasteiger partial charge in [-0.3, -0.25) is 9.59 Å². The first-order valence-electron chi connectivity index (χ1n) is 11.7. The first-order valence-corrected chi connectivity index (χ1v) is 11.7. The van der Waals surface area contributed by atoms with E-state index in [9.17, 15) is 4.79 Å². The van der Waals surface area contributed by atoms with Crippen LogP contribution in [0.2, 0.25) is 0 Å². The Morgan fingerprint density at radius 2 is 1.80 bits per heavy atom. The number of amides is 1. The average Bonchev–Trinajstić information content (AvgIpc) is 3.33. The van der Waals surface area contributed by atoms with E-state index in [2.05, 4.69) is 29.7 Å². The number of nitrogens with zero attached hydrogens (tertiary/aromatic N) is 2. The number of aliphatic carboxylic acids is 1. The molecule has 1 saturated heterocycles. The normalized spacial score (nSPS) is 15.5. The molecule has 0 radical (unpaired) electrons. The van der Waals surface area contributed by atoms with Gasteiger partial charge >= 0.3 is 0 Å². The summed E-state index contributed by atoms with van der Waals surface area (Å²) in [4.78, 5) is 28.6. The van der Waals surface area contributed by atoms with Gasteiger partial charge in [-0.1, -0.05) is 12.2 Å². The van der Waals surface area contributed by atoms with Crippen molar-refractivity contribution in [2.75, 3.05) is 56.7 Å². The minimum absolute atomic E-state index is 0.0623. The fraction of sp³-hybridized carbons (Fsp3) is 0.400. The zero-order valence-corrected chi connectivity index (χ0v) is 19.9. The molecule has 2 aromatic rings. The fourth-order valence-corrected chi connectivity index (χ4v) is 4.12. The van der Waals surface area contributed by atoms with Crippen LogP contribution >= 0.6 is 0 Å². The summed E-state index contributed by atoms with van der Waals surface area (Å²) in [7, 11) is 0. The number of rotatable bonds is 5. The first-order chi connectivity index (χ1) is 17.0. The number of carbonyl (C=O) groups excluding carboxylic acids is 1. The second kappa shape index (κ2) is 11.1. The SMILES string of the molecule is CC(=O)O.CCNc1cc(Nc2ccc(C(=O)N3CCOCC3)c3c2OCCO3)nc2c1C=CC2. The van der Waals surface area contributed by atoms with Gasteiger partial charge in [0.2, 0.25) is 0 Å². The van der Waals surface area contributed by atoms with Crippen LogP contribution in [0.1, 0.15) is 35.5 Å². The van der Waals surface area contributed by atoms with E-state index < -0.39 is 5.97 Å². The number of nitrogens with one attached hydrogen (secondary N) is 2. The van der Waals surface area contributed by atoms with Crippen LogP contribution in [0.15, 0.2) is 24.3 Å². The van der Waals surface area contributed by atoms with Crippen LogP contribution in [0, 0.1) is 0 Å². The lowest BCUT2D eigenvalue weighted by molar-refractivity contribution is -0.134. The maximum atomic E-state index is 13.1. The van der Waals surface area contributed by atoms with Crippen molar-refractivity contribution in [1.82, 2.24) is 9.88 Å². The number of fused-ring (bicyclic) bond motifs is 2. The van der Waals surface area contributed by atoms with Crippen molar-refractivity contribution in [3.8, 4) is 11.5 Å². The van der Waals surface area contributed by atoms with Crippen molar-refractivity contribution >= 4 is 35.1 Å². The highest BCUT2D eigenvalue weighted by Gasteiger charge is 2.28. The van der Waals surface area contributed by atoms with Gasteiger partial charge in [-0.15, -0.1) is 0 Å². The number of aromatic nitrogens is 1. The van der Waals surface area contributed by atoms with Gasteiger partial charge in [0.15, 0.2) is 11.5 Å². The summed E-state index contributed by atoms with van der Waals surface area (Å²) in [6.07, 6.45) is 5.04. The highest BCUT2D eigenvalue weighted by molar-refractivity contribution is 5.99. The van der Waals surface area contributed by atoms with Crippen LogP contribution in [0.5, 0.6) is 11.5 Å². The number of benzene rings is 1. The summed E-state index contributed by atoms with van der Waals surface area (Å²) < 4.78 is 17.2. The number of carbonyl (C=O) groups is 2. The van der Waals surface area contributed by atoms with Crippen molar-refractivity contribution in [3.05, 3.63) is 41.1 Å². The highest BCUT2D eigenvalue weighted by atomic mass is 16.6. The third-order valence-corrected chi connectivity index (χ3v) is 5.58. The average molecular weight is 483 g/mol. The van der Waals surface area contributed by atoms with Gasteiger partial charge in [-0.05, 0) is 19.1 Å². The zero-order chi connectivity index (χ0) is 24.8. The van der Waals surface area contributed by atoms with E-state index >= 15 is 0 Å². The van der Waals surface area contributed by atoms with Crippen molar-refractivity contribution < 1.29 is 28.9 Å². The molecule has 0 spiro atoms. The van der Waals surface area contributed by atoms with Gasteiger partial charge < -0.3 is 34.9 Å². The molecule has 1 aliphatic carbocycles. The quantitative estimate of drug-likeness (QED) is 0.590. The molecule has 1 amide bonds. The standard InChI is InChI=1S/C23H26N4O4.C2H4O2/c1-2-24-19-14-20(25-17-5-3-4-15(17)19)26-18-7-6-16(21-22(18)31-13-12-30-21)23(28)27-8-10-29-11-9-27;1-2(3)4/h3-4,6-7,14H,2,5,8-13H2,1H3,(H2,24,25,26);1H3,(H,3,4). The smallest absolute Gasteiger partial charge is 0.300 e. The second-order valence-corrected chi connectivity index (χ2v) is 8.12. The molecule has 1 aromatic carbocycles. The molecule has 186 valence electrons. The van der Waals surface area contributed by atoms with E-state index in [-0.39, 0.29) is 5.91 Å². The number of ether oxygens (including phenoxy) is 3. The molecule has 5 rings (SSSR count). The van der Waals surface area contributed by atoms with E-state index in [0.717, 1.165) is 48.3 Å². The van der Waals surface area contributed by atoms with Gasteiger partial charge in [0.05, 0.1) is 30.2 Å². The summed E-state index contributed by atoms with van der Waals surface area (Å²) in [5.74, 6) is 0.869. The Labute approximate surface area is 203 Å². The second-order valence-electron chi connectivity index (χ2n) is 8.12. The van der Waals surface area contributed by atoms with E-state index in [1.54, 1.807) is 11.0 Å². The lowest BCUT2D eigenvalue weighted by Gasteiger charge is -2.29. The number of carboxylic acid groups (broad SMARTS) is 1. The highest BCUT2D eigenvalue weighted by Crippen LogP contribution is 2.42. The predicted molar refractivity (Wildman–Crippen MR) is 132 cm³/mol. The van der Waals surface area contributed by atoms with Crippen LogP contribution in [0.25, 0.3) is 6.08 Å². The third-order valence-electron chi connectivity index (χ3n) is 5.58. The number of morpholine rings is 1. The summed E-state index contributed by atoms with van der Waals surface area (Å²) in [5.41, 5.74) is 4.47. The molecule has 0 unspecified atom stereocenters. The number of anilines is 3. The monoisotopic (exact) mass is 482 g/mol. The fourth-order valence-electron chi connectivity index (χ4n) is 4.12. The Balaban J connectivity index is 0.000000672. The molecule has 3 heterocycles. The minimum Gasteiger partial charge on any atom is -0.485 e. The Morgan fingerprint density at radius 1 is 1.09 bits per heavy atom. The molecule has 0 atom stereocenters. The van der Waals surface area contributed by atoms with Crippen molar-refractivity contribution in [1.29, 1.82) is 0 Å². The molecule has 10 heteroatoms. The van der Waals surface area contributed by atoms with Crippen LogP contribution < -0.4 is 20.1 Å². The molecule has 1 aromatic heterocycles. The van der Waals surface area contributed by atoms with Gasteiger partial charge in [-0.2, -0.15) is 0 Å². The van der Waals surface area contributed by atoms with E-state index in [1.165, 1.54) is 0 Å². The van der Waals surface area contributed by atoms with E-state index in [1.807, 2.05) is 12.1 Å². The molecule has 0 saturated carbocycles. The summed E-state index contributed by atoms with van der Waals surface area (Å²) in [6, 6.07) is 5.66. The summed E-state index contributed by atoms with van der Waals surface area (Å²) >= 11 is 0. The lowest BCUT2D eigenvalue weighted by Crippen LogP contribution is -2.41. The number of pyridine rings is 1. The third kappa shape index (κ3) is 5.65. The van der Waals surface area contributed by atoms with E-state index in [4.69, 9.17) is 29.1 Å². The van der Waals surface area contributed by atoms with Crippen LogP contribution in [-0.4, -0.2) is 72.9 Å². The zero-order valence-electron chi connectivity index (χ0n) is 19.9. The van der Waals surface area contributed by atoms with Crippen molar-refractivity contribution in [2.24, 2.45) is 0 Å². The number of carboxylic acids is 1. The molecule has 10 nitrogen and oxygen atoms in total. The minimum atomic E-state index is -0.833. The molecule has 2 aliphatic heterocycles. The van der Waals surface area contributed by atoms with E-state index in [0.29, 0.717) is 56.6 Å². The van der Waals surface area contributed by atoms with Gasteiger partial charge in [0.25, 0.3) is 11.9 Å². The Bertz CT molecular complexity index is 1120. The van der Waals surface area contributed by atoms with Crippen LogP contribution in [-0.2, 0) is 16.0 Å². The molecule has 3 N–H and O–H groups in total. The molecular weight excluding hydrogens is 452 g/mol. The number of hydrogen-bond acceptors (Lipinski definition) is 8. The molecule has 35 heavy (non-hydrogen) atoms. The molecular formula is C25H30N4O6. The van der Waals surface area contributed by atoms with Gasteiger partial charge in [0, 0.05) is 50.3 Å². The number of allylic oxidation sites excluding steroid dienone is 1. The predicted octanol–water partition coefficient (Wildman–Crippen LogP) is 3.16. The van der Waals surface area contributed by atoms with Crippen LogP contribution in [0.4, 0.5) is 17.2 Å².